The van der Waals surface area contributed by atoms with Crippen LogP contribution in [0.3, 0.4) is 0 Å². The molecule has 0 radical (unpaired) electrons. The molecule has 1 unspecified atom stereocenters. The summed E-state index contributed by atoms with van der Waals surface area (Å²) in [5.41, 5.74) is 3.43. The Hall–Kier alpha value is -4.07. The predicted molar refractivity (Wildman–Crippen MR) is 140 cm³/mol. The summed E-state index contributed by atoms with van der Waals surface area (Å²) in [6.45, 7) is 7.01. The molecule has 1 atom stereocenters. The van der Waals surface area contributed by atoms with E-state index in [2.05, 4.69) is 10.3 Å². The zero-order valence-electron chi connectivity index (χ0n) is 21.4. The van der Waals surface area contributed by atoms with E-state index < -0.39 is 23.7 Å². The van der Waals surface area contributed by atoms with Gasteiger partial charge in [-0.1, -0.05) is 18.2 Å². The van der Waals surface area contributed by atoms with Gasteiger partial charge in [-0.15, -0.1) is 0 Å². The number of aromatic amines is 1. The SMILES string of the molecule is Cc1c(OC(=O)C(Cc2c[nH]c3ccccc23)NC(=O)OC(C)(C)C)ccc2c3c(c(=O)oc12)CCC3. The average Bonchev–Trinajstić information content (AvgIpc) is 3.48. The second kappa shape index (κ2) is 9.42. The first-order valence-electron chi connectivity index (χ1n) is 12.4. The second-order valence-electron chi connectivity index (χ2n) is 10.4. The third-order valence-electron chi connectivity index (χ3n) is 6.63. The maximum Gasteiger partial charge on any atom is 0.408 e. The minimum atomic E-state index is -1.02. The van der Waals surface area contributed by atoms with Crippen LogP contribution in [0.2, 0.25) is 0 Å². The van der Waals surface area contributed by atoms with E-state index in [4.69, 9.17) is 13.9 Å². The summed E-state index contributed by atoms with van der Waals surface area (Å²) in [5, 5.41) is 4.49. The van der Waals surface area contributed by atoms with Gasteiger partial charge in [0, 0.05) is 40.0 Å². The Balaban J connectivity index is 1.45. The van der Waals surface area contributed by atoms with Crippen LogP contribution in [0.4, 0.5) is 4.79 Å². The van der Waals surface area contributed by atoms with Gasteiger partial charge in [0.05, 0.1) is 0 Å². The number of rotatable bonds is 5. The van der Waals surface area contributed by atoms with E-state index in [1.165, 1.54) is 0 Å². The fourth-order valence-corrected chi connectivity index (χ4v) is 4.92. The molecule has 4 aromatic rings. The summed E-state index contributed by atoms with van der Waals surface area (Å²) >= 11 is 0. The molecule has 0 bridgehead atoms. The number of aryl methyl sites for hydroxylation is 2. The molecule has 0 saturated carbocycles. The zero-order chi connectivity index (χ0) is 26.3. The van der Waals surface area contributed by atoms with Crippen molar-refractivity contribution in [3.63, 3.8) is 0 Å². The van der Waals surface area contributed by atoms with E-state index in [9.17, 15) is 14.4 Å². The number of nitrogens with one attached hydrogen (secondary N) is 2. The van der Waals surface area contributed by atoms with Crippen molar-refractivity contribution in [1.29, 1.82) is 0 Å². The van der Waals surface area contributed by atoms with Crippen LogP contribution in [-0.2, 0) is 28.8 Å². The molecule has 8 heteroatoms. The van der Waals surface area contributed by atoms with Gasteiger partial charge in [-0.2, -0.15) is 0 Å². The first-order chi connectivity index (χ1) is 17.6. The Morgan fingerprint density at radius 2 is 1.84 bits per heavy atom. The van der Waals surface area contributed by atoms with E-state index in [-0.39, 0.29) is 17.8 Å². The molecule has 2 heterocycles. The normalized spacial score (nSPS) is 13.9. The fourth-order valence-electron chi connectivity index (χ4n) is 4.92. The molecular formula is C29H30N2O6. The molecule has 1 aliphatic rings. The number of carbonyl (C=O) groups excluding carboxylic acids is 2. The Morgan fingerprint density at radius 1 is 1.08 bits per heavy atom. The third-order valence-corrected chi connectivity index (χ3v) is 6.63. The first kappa shape index (κ1) is 24.6. The highest BCUT2D eigenvalue weighted by Gasteiger charge is 2.28. The zero-order valence-corrected chi connectivity index (χ0v) is 21.4. The summed E-state index contributed by atoms with van der Waals surface area (Å²) < 4.78 is 16.8. The molecular weight excluding hydrogens is 472 g/mol. The fraction of sp³-hybridized carbons (Fsp3) is 0.345. The van der Waals surface area contributed by atoms with Gasteiger partial charge in [-0.05, 0) is 76.3 Å². The number of ether oxygens (including phenoxy) is 2. The number of esters is 1. The van der Waals surface area contributed by atoms with Crippen LogP contribution < -0.4 is 15.7 Å². The van der Waals surface area contributed by atoms with Gasteiger partial charge in [0.15, 0.2) is 0 Å². The average molecular weight is 503 g/mol. The van der Waals surface area contributed by atoms with Gasteiger partial charge in [0.1, 0.15) is 23.0 Å². The number of para-hydroxylation sites is 1. The van der Waals surface area contributed by atoms with Crippen molar-refractivity contribution < 1.29 is 23.5 Å². The molecule has 2 aromatic heterocycles. The van der Waals surface area contributed by atoms with Gasteiger partial charge in [0.2, 0.25) is 0 Å². The minimum absolute atomic E-state index is 0.192. The van der Waals surface area contributed by atoms with Crippen molar-refractivity contribution in [2.75, 3.05) is 0 Å². The Bertz CT molecular complexity index is 1570. The standard InChI is InChI=1S/C29H30N2O6/c1-16-24(13-12-20-19-9-7-10-21(19)26(32)36-25(16)20)35-27(33)23(31-28(34)37-29(2,3)4)14-17-15-30-22-11-6-5-8-18(17)22/h5-6,8,11-13,15,23,30H,7,9-10,14H2,1-4H3,(H,31,34). The van der Waals surface area contributed by atoms with Gasteiger partial charge >= 0.3 is 17.7 Å². The number of H-pyrrole nitrogens is 1. The van der Waals surface area contributed by atoms with Crippen LogP contribution in [0.1, 0.15) is 49.4 Å². The first-order valence-corrected chi connectivity index (χ1v) is 12.4. The van der Waals surface area contributed by atoms with Crippen molar-refractivity contribution in [2.45, 2.75) is 65.0 Å². The molecule has 1 amide bonds. The van der Waals surface area contributed by atoms with Crippen molar-refractivity contribution in [2.24, 2.45) is 0 Å². The molecule has 8 nitrogen and oxygen atoms in total. The Labute approximate surface area is 214 Å². The number of hydrogen-bond donors (Lipinski definition) is 2. The second-order valence-corrected chi connectivity index (χ2v) is 10.4. The third kappa shape index (κ3) is 4.96. The molecule has 0 saturated heterocycles. The monoisotopic (exact) mass is 502 g/mol. The quantitative estimate of drug-likeness (QED) is 0.223. The molecule has 1 aliphatic carbocycles. The summed E-state index contributed by atoms with van der Waals surface area (Å²) in [6, 6.07) is 10.2. The number of hydrogen-bond acceptors (Lipinski definition) is 6. The lowest BCUT2D eigenvalue weighted by atomic mass is 10.0. The van der Waals surface area contributed by atoms with Crippen LogP contribution in [0.5, 0.6) is 5.75 Å². The summed E-state index contributed by atoms with van der Waals surface area (Å²) in [4.78, 5) is 41.7. The van der Waals surface area contributed by atoms with Crippen LogP contribution in [0.25, 0.3) is 21.9 Å². The molecule has 0 aliphatic heterocycles. The van der Waals surface area contributed by atoms with E-state index in [0.29, 0.717) is 11.1 Å². The van der Waals surface area contributed by atoms with Crippen molar-refractivity contribution in [3.8, 4) is 5.75 Å². The van der Waals surface area contributed by atoms with Crippen LogP contribution in [0, 0.1) is 6.92 Å². The molecule has 0 spiro atoms. The smallest absolute Gasteiger partial charge is 0.408 e. The van der Waals surface area contributed by atoms with Crippen LogP contribution in [-0.4, -0.2) is 28.7 Å². The largest absolute Gasteiger partial charge is 0.444 e. The number of fused-ring (bicyclic) bond motifs is 4. The van der Waals surface area contributed by atoms with Gasteiger partial charge in [0.25, 0.3) is 0 Å². The van der Waals surface area contributed by atoms with E-state index in [0.717, 1.165) is 52.2 Å². The number of carbonyl (C=O) groups is 2. The maximum absolute atomic E-state index is 13.4. The lowest BCUT2D eigenvalue weighted by Crippen LogP contribution is -2.46. The summed E-state index contributed by atoms with van der Waals surface area (Å²) in [5.74, 6) is -0.379. The minimum Gasteiger partial charge on any atom is -0.444 e. The lowest BCUT2D eigenvalue weighted by molar-refractivity contribution is -0.136. The van der Waals surface area contributed by atoms with Crippen LogP contribution >= 0.6 is 0 Å². The number of alkyl carbamates (subject to hydrolysis) is 1. The van der Waals surface area contributed by atoms with Crippen molar-refractivity contribution >= 4 is 33.9 Å². The van der Waals surface area contributed by atoms with E-state index >= 15 is 0 Å². The highest BCUT2D eigenvalue weighted by atomic mass is 16.6. The Kier molecular flexibility index (Phi) is 6.27. The molecule has 37 heavy (non-hydrogen) atoms. The van der Waals surface area contributed by atoms with Crippen molar-refractivity contribution in [1.82, 2.24) is 10.3 Å². The topological polar surface area (TPSA) is 111 Å². The number of aromatic nitrogens is 1. The highest BCUT2D eigenvalue weighted by Crippen LogP contribution is 2.33. The van der Waals surface area contributed by atoms with E-state index in [1.807, 2.05) is 36.5 Å². The molecule has 2 N–H and O–H groups in total. The molecule has 5 rings (SSSR count). The maximum atomic E-state index is 13.4. The lowest BCUT2D eigenvalue weighted by Gasteiger charge is -2.23. The van der Waals surface area contributed by atoms with Gasteiger partial charge in [-0.25, -0.2) is 14.4 Å². The summed E-state index contributed by atoms with van der Waals surface area (Å²) in [6.07, 6.45) is 3.75. The molecule has 0 fully saturated rings. The summed E-state index contributed by atoms with van der Waals surface area (Å²) in [7, 11) is 0. The van der Waals surface area contributed by atoms with Crippen LogP contribution in [0.15, 0.2) is 51.8 Å². The number of amides is 1. The molecule has 2 aromatic carbocycles. The Morgan fingerprint density at radius 3 is 2.62 bits per heavy atom. The predicted octanol–water partition coefficient (Wildman–Crippen LogP) is 5.11. The van der Waals surface area contributed by atoms with Gasteiger partial charge < -0.3 is 24.2 Å². The van der Waals surface area contributed by atoms with Crippen molar-refractivity contribution in [3.05, 3.63) is 75.3 Å². The number of benzene rings is 2. The molecule has 192 valence electrons. The highest BCUT2D eigenvalue weighted by molar-refractivity contribution is 5.89. The van der Waals surface area contributed by atoms with Gasteiger partial charge in [-0.3, -0.25) is 0 Å². The van der Waals surface area contributed by atoms with E-state index in [1.54, 1.807) is 33.8 Å².